The number of carbonyl (C=O) groups is 1. The Balaban J connectivity index is 1.42. The van der Waals surface area contributed by atoms with Crippen LogP contribution in [0.3, 0.4) is 0 Å². The fourth-order valence-electron chi connectivity index (χ4n) is 3.08. The summed E-state index contributed by atoms with van der Waals surface area (Å²) in [7, 11) is 0. The van der Waals surface area contributed by atoms with Crippen molar-refractivity contribution in [2.45, 2.75) is 6.18 Å². The van der Waals surface area contributed by atoms with Gasteiger partial charge in [-0.05, 0) is 76.1 Å². The maximum Gasteiger partial charge on any atom is 0.416 e. The molecule has 1 heterocycles. The molecule has 0 saturated heterocycles. The summed E-state index contributed by atoms with van der Waals surface area (Å²) in [6, 6.07) is 13.1. The van der Waals surface area contributed by atoms with Crippen molar-refractivity contribution in [1.82, 2.24) is 5.43 Å². The van der Waals surface area contributed by atoms with Gasteiger partial charge in [0.05, 0.1) is 21.2 Å². The van der Waals surface area contributed by atoms with E-state index < -0.39 is 28.3 Å². The minimum absolute atomic E-state index is 0.0582. The molecule has 4 aromatic rings. The molecule has 0 bridgehead atoms. The monoisotopic (exact) mass is 625 g/mol. The Morgan fingerprint density at radius 1 is 1.08 bits per heavy atom. The number of ether oxygens (including phenoxy) is 1. The van der Waals surface area contributed by atoms with E-state index in [0.717, 1.165) is 10.5 Å². The van der Waals surface area contributed by atoms with Crippen molar-refractivity contribution in [3.05, 3.63) is 96.6 Å². The van der Waals surface area contributed by atoms with Crippen LogP contribution < -0.4 is 10.2 Å². The number of rotatable bonds is 6. The molecule has 8 nitrogen and oxygen atoms in total. The van der Waals surface area contributed by atoms with E-state index in [1.807, 2.05) is 0 Å². The molecule has 0 spiro atoms. The highest BCUT2D eigenvalue weighted by Crippen LogP contribution is 2.38. The molecule has 1 N–H and O–H groups in total. The first kappa shape index (κ1) is 25.4. The summed E-state index contributed by atoms with van der Waals surface area (Å²) >= 11 is 6.73. The van der Waals surface area contributed by atoms with Crippen molar-refractivity contribution in [3.8, 4) is 11.5 Å². The molecule has 13 heteroatoms. The Kier molecular flexibility index (Phi) is 7.13. The molecule has 0 aliphatic carbocycles. The summed E-state index contributed by atoms with van der Waals surface area (Å²) in [5.41, 5.74) is 1.43. The highest BCUT2D eigenvalue weighted by atomic mass is 79.9. The van der Waals surface area contributed by atoms with E-state index in [-0.39, 0.29) is 17.3 Å². The van der Waals surface area contributed by atoms with Gasteiger partial charge in [-0.2, -0.15) is 18.3 Å². The minimum atomic E-state index is -4.72. The maximum absolute atomic E-state index is 12.9. The second-order valence-electron chi connectivity index (χ2n) is 7.22. The van der Waals surface area contributed by atoms with Gasteiger partial charge in [0, 0.05) is 15.9 Å². The Morgan fingerprint density at radius 2 is 1.81 bits per heavy atom. The number of fused-ring (bicyclic) bond motifs is 1. The first-order valence-electron chi connectivity index (χ1n) is 9.87. The highest BCUT2D eigenvalue weighted by Gasteiger charge is 2.33. The van der Waals surface area contributed by atoms with Crippen molar-refractivity contribution in [3.63, 3.8) is 0 Å². The predicted molar refractivity (Wildman–Crippen MR) is 131 cm³/mol. The van der Waals surface area contributed by atoms with Crippen LogP contribution >= 0.6 is 31.9 Å². The normalized spacial score (nSPS) is 11.7. The van der Waals surface area contributed by atoms with Crippen LogP contribution in [0, 0.1) is 10.1 Å². The third-order valence-corrected chi connectivity index (χ3v) is 5.78. The summed E-state index contributed by atoms with van der Waals surface area (Å²) in [5.74, 6) is -0.702. The lowest BCUT2D eigenvalue weighted by atomic mass is 10.2. The van der Waals surface area contributed by atoms with E-state index in [2.05, 4.69) is 42.4 Å². The number of nitrogens with zero attached hydrogens (tertiary/aromatic N) is 2. The number of hydrogen-bond donors (Lipinski definition) is 1. The van der Waals surface area contributed by atoms with E-state index in [1.165, 1.54) is 30.5 Å². The van der Waals surface area contributed by atoms with E-state index in [0.29, 0.717) is 33.1 Å². The van der Waals surface area contributed by atoms with Crippen LogP contribution in [0.5, 0.6) is 11.5 Å². The van der Waals surface area contributed by atoms with Crippen LogP contribution in [0.4, 0.5) is 18.9 Å². The lowest BCUT2D eigenvalue weighted by Crippen LogP contribution is -2.16. The van der Waals surface area contributed by atoms with Gasteiger partial charge in [-0.3, -0.25) is 14.9 Å². The van der Waals surface area contributed by atoms with Gasteiger partial charge in [0.1, 0.15) is 11.3 Å². The van der Waals surface area contributed by atoms with E-state index in [4.69, 9.17) is 9.15 Å². The molecule has 0 fully saturated rings. The van der Waals surface area contributed by atoms with Crippen molar-refractivity contribution in [2.75, 3.05) is 0 Å². The molecule has 1 aromatic heterocycles. The number of nitro groups is 1. The number of hydrazone groups is 1. The molecule has 3 aromatic carbocycles. The van der Waals surface area contributed by atoms with Gasteiger partial charge in [-0.15, -0.1) is 0 Å². The zero-order chi connectivity index (χ0) is 26.0. The zero-order valence-electron chi connectivity index (χ0n) is 17.7. The molecule has 0 aliphatic heterocycles. The van der Waals surface area contributed by atoms with Gasteiger partial charge < -0.3 is 9.15 Å². The molecule has 184 valence electrons. The topological polar surface area (TPSA) is 107 Å². The maximum atomic E-state index is 12.9. The summed E-state index contributed by atoms with van der Waals surface area (Å²) in [6.07, 6.45) is -3.38. The number of benzene rings is 3. The third kappa shape index (κ3) is 5.74. The molecule has 4 rings (SSSR count). The van der Waals surface area contributed by atoms with Crippen molar-refractivity contribution >= 4 is 60.6 Å². The van der Waals surface area contributed by atoms with E-state index in [1.54, 1.807) is 18.2 Å². The van der Waals surface area contributed by atoms with Gasteiger partial charge in [0.2, 0.25) is 5.75 Å². The molecule has 1 amide bonds. The van der Waals surface area contributed by atoms with Crippen LogP contribution in [0.2, 0.25) is 0 Å². The second-order valence-corrected chi connectivity index (χ2v) is 8.99. The third-order valence-electron chi connectivity index (χ3n) is 4.73. The SMILES string of the molecule is O=C(N/N=C\c1ccc(Oc2ccc(C(F)(F)F)cc2[N+](=O)[O-])cc1)c1cc2cc(Br)cc(Br)c2o1. The molecule has 0 radical (unpaired) electrons. The fourth-order valence-corrected chi connectivity index (χ4v) is 4.42. The molecule has 0 saturated carbocycles. The smallest absolute Gasteiger partial charge is 0.416 e. The van der Waals surface area contributed by atoms with Gasteiger partial charge in [-0.25, -0.2) is 5.43 Å². The predicted octanol–water partition coefficient (Wildman–Crippen LogP) is 7.44. The van der Waals surface area contributed by atoms with Crippen LogP contribution in [0.1, 0.15) is 21.7 Å². The lowest BCUT2D eigenvalue weighted by molar-refractivity contribution is -0.385. The fraction of sp³-hybridized carbons (Fsp3) is 0.0435. The quantitative estimate of drug-likeness (QED) is 0.136. The molecular formula is C23H12Br2F3N3O5. The van der Waals surface area contributed by atoms with Gasteiger partial charge in [-0.1, -0.05) is 15.9 Å². The van der Waals surface area contributed by atoms with E-state index in [9.17, 15) is 28.1 Å². The number of carbonyl (C=O) groups excluding carboxylic acids is 1. The molecule has 0 atom stereocenters. The summed E-state index contributed by atoms with van der Waals surface area (Å²) in [6.45, 7) is 0. The van der Waals surface area contributed by atoms with Gasteiger partial charge >= 0.3 is 17.8 Å². The lowest BCUT2D eigenvalue weighted by Gasteiger charge is -2.10. The van der Waals surface area contributed by atoms with Crippen LogP contribution in [0.25, 0.3) is 11.0 Å². The second kappa shape index (κ2) is 10.1. The van der Waals surface area contributed by atoms with Crippen molar-refractivity contribution < 1.29 is 32.0 Å². The Hall–Kier alpha value is -3.71. The van der Waals surface area contributed by atoms with Crippen LogP contribution in [-0.2, 0) is 6.18 Å². The summed E-state index contributed by atoms with van der Waals surface area (Å²) < 4.78 is 51.0. The standard InChI is InChI=1S/C23H12Br2F3N3O5/c24-15-7-13-8-20(36-21(13)17(25)10-15)22(32)30-29-11-12-1-4-16(5-2-12)35-19-6-3-14(23(26,27)28)9-18(19)31(33)34/h1-11H,(H,30,32)/b29-11-. The minimum Gasteiger partial charge on any atom is -0.450 e. The Morgan fingerprint density at radius 3 is 2.47 bits per heavy atom. The van der Waals surface area contributed by atoms with Crippen LogP contribution in [-0.4, -0.2) is 17.0 Å². The average molecular weight is 627 g/mol. The largest absolute Gasteiger partial charge is 0.450 e. The van der Waals surface area contributed by atoms with Crippen molar-refractivity contribution in [2.24, 2.45) is 5.10 Å². The number of furan rings is 1. The summed E-state index contributed by atoms with van der Waals surface area (Å²) in [4.78, 5) is 22.6. The van der Waals surface area contributed by atoms with E-state index >= 15 is 0 Å². The molecule has 0 aliphatic rings. The number of nitro benzene ring substituents is 1. The van der Waals surface area contributed by atoms with Gasteiger partial charge in [0.25, 0.3) is 0 Å². The Bertz CT molecular complexity index is 1500. The van der Waals surface area contributed by atoms with Crippen molar-refractivity contribution in [1.29, 1.82) is 0 Å². The molecule has 36 heavy (non-hydrogen) atoms. The average Bonchev–Trinajstić information content (AvgIpc) is 3.24. The van der Waals surface area contributed by atoms with Crippen LogP contribution in [0.15, 0.2) is 79.1 Å². The zero-order valence-corrected chi connectivity index (χ0v) is 20.8. The Labute approximate surface area is 217 Å². The first-order chi connectivity index (χ1) is 17.0. The molecular weight excluding hydrogens is 615 g/mol. The summed E-state index contributed by atoms with van der Waals surface area (Å²) in [5, 5.41) is 15.8. The number of alkyl halides is 3. The molecule has 0 unspecified atom stereocenters. The number of nitrogens with one attached hydrogen (secondary N) is 1. The van der Waals surface area contributed by atoms with Gasteiger partial charge in [0.15, 0.2) is 5.76 Å². The number of amides is 1. The highest BCUT2D eigenvalue weighted by molar-refractivity contribution is 9.11. The number of halogens is 5. The number of hydrogen-bond acceptors (Lipinski definition) is 6. The first-order valence-corrected chi connectivity index (χ1v) is 11.5.